The van der Waals surface area contributed by atoms with E-state index in [-0.39, 0.29) is 0 Å². The topological polar surface area (TPSA) is 9.23 Å². The Morgan fingerprint density at radius 3 is 1.90 bits per heavy atom. The van der Waals surface area contributed by atoms with E-state index in [0.29, 0.717) is 5.56 Å². The molecule has 0 N–H and O–H groups in total. The van der Waals surface area contributed by atoms with Crippen LogP contribution in [0.15, 0.2) is 48.5 Å². The Morgan fingerprint density at radius 1 is 0.810 bits per heavy atom. The first-order valence-electron chi connectivity index (χ1n) is 6.00. The molecule has 0 amide bonds. The number of hydrogen-bond acceptors (Lipinski definition) is 1. The molecule has 2 aromatic carbocycles. The van der Waals surface area contributed by atoms with Gasteiger partial charge in [0.2, 0.25) is 0 Å². The molecule has 2 rings (SSSR count). The smallest absolute Gasteiger partial charge is 0.426 e. The molecule has 21 heavy (non-hydrogen) atoms. The van der Waals surface area contributed by atoms with Crippen molar-refractivity contribution in [2.75, 3.05) is 0 Å². The lowest BCUT2D eigenvalue weighted by atomic mass is 10.0. The fourth-order valence-corrected chi connectivity index (χ4v) is 1.81. The molecule has 0 spiro atoms. The molecule has 2 aromatic rings. The van der Waals surface area contributed by atoms with Crippen LogP contribution in [0.5, 0.6) is 5.75 Å². The number of benzene rings is 2. The highest BCUT2D eigenvalue weighted by molar-refractivity contribution is 5.67. The molecule has 0 bridgehead atoms. The van der Waals surface area contributed by atoms with Crippen LogP contribution in [0.25, 0.3) is 11.1 Å². The van der Waals surface area contributed by atoms with Gasteiger partial charge in [-0.3, -0.25) is 0 Å². The van der Waals surface area contributed by atoms with E-state index in [4.69, 9.17) is 0 Å². The summed E-state index contributed by atoms with van der Waals surface area (Å²) in [6.07, 6.45) is -11.0. The standard InChI is InChI=1S/C15H11F5O/c1-10-4-2-3-5-13(10)11-6-8-12(9-7-11)21-15(19,20)14(16,17)18/h2-9H,1H3. The molecule has 0 fully saturated rings. The second-order valence-electron chi connectivity index (χ2n) is 4.46. The van der Waals surface area contributed by atoms with Gasteiger partial charge >= 0.3 is 12.3 Å². The van der Waals surface area contributed by atoms with Gasteiger partial charge in [-0.2, -0.15) is 22.0 Å². The van der Waals surface area contributed by atoms with Crippen LogP contribution in [0, 0.1) is 6.92 Å². The minimum Gasteiger partial charge on any atom is -0.426 e. The number of aryl methyl sites for hydroxylation is 1. The Kier molecular flexibility index (Phi) is 3.89. The maximum atomic E-state index is 12.8. The first kappa shape index (κ1) is 15.3. The molecule has 0 aliphatic carbocycles. The summed E-state index contributed by atoms with van der Waals surface area (Å²) in [5, 5.41) is 0. The van der Waals surface area contributed by atoms with Crippen LogP contribution in [-0.4, -0.2) is 12.3 Å². The summed E-state index contributed by atoms with van der Waals surface area (Å²) in [7, 11) is 0. The van der Waals surface area contributed by atoms with Crippen molar-refractivity contribution in [1.82, 2.24) is 0 Å². The van der Waals surface area contributed by atoms with Crippen LogP contribution in [0.4, 0.5) is 22.0 Å². The van der Waals surface area contributed by atoms with E-state index in [0.717, 1.165) is 23.3 Å². The summed E-state index contributed by atoms with van der Waals surface area (Å²) in [5.41, 5.74) is 2.54. The van der Waals surface area contributed by atoms with E-state index in [1.807, 2.05) is 31.2 Å². The Morgan fingerprint density at radius 2 is 1.38 bits per heavy atom. The van der Waals surface area contributed by atoms with Gasteiger partial charge in [0.05, 0.1) is 0 Å². The Hall–Kier alpha value is -2.11. The van der Waals surface area contributed by atoms with E-state index >= 15 is 0 Å². The molecular weight excluding hydrogens is 291 g/mol. The van der Waals surface area contributed by atoms with Crippen molar-refractivity contribution in [2.45, 2.75) is 19.2 Å². The van der Waals surface area contributed by atoms with E-state index < -0.39 is 18.0 Å². The average Bonchev–Trinajstić information content (AvgIpc) is 2.39. The fraction of sp³-hybridized carbons (Fsp3) is 0.200. The SMILES string of the molecule is Cc1ccccc1-c1ccc(OC(F)(F)C(F)(F)F)cc1. The van der Waals surface area contributed by atoms with Crippen molar-refractivity contribution < 1.29 is 26.7 Å². The molecule has 0 aliphatic heterocycles. The maximum absolute atomic E-state index is 12.8. The van der Waals surface area contributed by atoms with Gasteiger partial charge in [0, 0.05) is 0 Å². The fourth-order valence-electron chi connectivity index (χ4n) is 1.81. The van der Waals surface area contributed by atoms with E-state index in [9.17, 15) is 22.0 Å². The molecule has 0 aliphatic rings. The predicted molar refractivity (Wildman–Crippen MR) is 68.2 cm³/mol. The molecule has 0 saturated heterocycles. The number of hydrogen-bond donors (Lipinski definition) is 0. The van der Waals surface area contributed by atoms with Gasteiger partial charge in [0.25, 0.3) is 0 Å². The third-order valence-electron chi connectivity index (χ3n) is 2.89. The quantitative estimate of drug-likeness (QED) is 0.708. The zero-order valence-electron chi connectivity index (χ0n) is 10.9. The van der Waals surface area contributed by atoms with Crippen molar-refractivity contribution in [3.63, 3.8) is 0 Å². The largest absolute Gasteiger partial charge is 0.499 e. The van der Waals surface area contributed by atoms with Crippen molar-refractivity contribution in [3.05, 3.63) is 54.1 Å². The molecule has 0 aromatic heterocycles. The molecule has 6 heteroatoms. The highest BCUT2D eigenvalue weighted by Crippen LogP contribution is 2.37. The van der Waals surface area contributed by atoms with Gasteiger partial charge in [-0.05, 0) is 35.7 Å². The molecule has 112 valence electrons. The third kappa shape index (κ3) is 3.32. The van der Waals surface area contributed by atoms with E-state index in [2.05, 4.69) is 4.74 Å². The van der Waals surface area contributed by atoms with Gasteiger partial charge in [0.1, 0.15) is 5.75 Å². The van der Waals surface area contributed by atoms with Crippen LogP contribution in [0.3, 0.4) is 0 Å². The maximum Gasteiger partial charge on any atom is 0.499 e. The van der Waals surface area contributed by atoms with E-state index in [1.54, 1.807) is 0 Å². The lowest BCUT2D eigenvalue weighted by Crippen LogP contribution is -2.41. The zero-order chi connectivity index (χ0) is 15.7. The van der Waals surface area contributed by atoms with Crippen molar-refractivity contribution >= 4 is 0 Å². The van der Waals surface area contributed by atoms with Crippen LogP contribution in [0.1, 0.15) is 5.56 Å². The number of ether oxygens (including phenoxy) is 1. The van der Waals surface area contributed by atoms with Gasteiger partial charge in [-0.15, -0.1) is 0 Å². The summed E-state index contributed by atoms with van der Waals surface area (Å²) in [4.78, 5) is 0. The Bertz CT molecular complexity index is 617. The van der Waals surface area contributed by atoms with Crippen LogP contribution >= 0.6 is 0 Å². The van der Waals surface area contributed by atoms with Gasteiger partial charge in [-0.1, -0.05) is 36.4 Å². The van der Waals surface area contributed by atoms with Crippen molar-refractivity contribution in [3.8, 4) is 16.9 Å². The van der Waals surface area contributed by atoms with Crippen LogP contribution in [0.2, 0.25) is 0 Å². The first-order valence-corrected chi connectivity index (χ1v) is 6.00. The second kappa shape index (κ2) is 5.35. The highest BCUT2D eigenvalue weighted by atomic mass is 19.4. The first-order chi connectivity index (χ1) is 9.71. The number of halogens is 5. The highest BCUT2D eigenvalue weighted by Gasteiger charge is 2.61. The van der Waals surface area contributed by atoms with Crippen molar-refractivity contribution in [2.24, 2.45) is 0 Å². The molecule has 0 radical (unpaired) electrons. The normalized spacial score (nSPS) is 12.3. The van der Waals surface area contributed by atoms with E-state index in [1.165, 1.54) is 12.1 Å². The molecule has 0 atom stereocenters. The van der Waals surface area contributed by atoms with Crippen molar-refractivity contribution in [1.29, 1.82) is 0 Å². The summed E-state index contributed by atoms with van der Waals surface area (Å²) in [5.74, 6) is -0.547. The molecular formula is C15H11F5O. The summed E-state index contributed by atoms with van der Waals surface area (Å²) in [6.45, 7) is 1.87. The molecule has 0 saturated carbocycles. The minimum absolute atomic E-state index is 0.547. The molecule has 0 unspecified atom stereocenters. The predicted octanol–water partition coefficient (Wildman–Crippen LogP) is 5.20. The molecule has 1 nitrogen and oxygen atoms in total. The van der Waals surface area contributed by atoms with Crippen LogP contribution in [-0.2, 0) is 0 Å². The summed E-state index contributed by atoms with van der Waals surface area (Å²) < 4.78 is 65.4. The lowest BCUT2D eigenvalue weighted by molar-refractivity contribution is -0.360. The minimum atomic E-state index is -5.75. The lowest BCUT2D eigenvalue weighted by Gasteiger charge is -2.20. The second-order valence-corrected chi connectivity index (χ2v) is 4.46. The summed E-state index contributed by atoms with van der Waals surface area (Å²) >= 11 is 0. The Balaban J connectivity index is 2.23. The van der Waals surface area contributed by atoms with Gasteiger partial charge < -0.3 is 4.74 Å². The van der Waals surface area contributed by atoms with Gasteiger partial charge in [-0.25, -0.2) is 0 Å². The van der Waals surface area contributed by atoms with Crippen LogP contribution < -0.4 is 4.74 Å². The third-order valence-corrected chi connectivity index (χ3v) is 2.89. The number of rotatable bonds is 3. The number of alkyl halides is 5. The average molecular weight is 302 g/mol. The Labute approximate surface area is 118 Å². The monoisotopic (exact) mass is 302 g/mol. The molecule has 0 heterocycles. The summed E-state index contributed by atoms with van der Waals surface area (Å²) in [6, 6.07) is 12.4. The van der Waals surface area contributed by atoms with Gasteiger partial charge in [0.15, 0.2) is 0 Å². The zero-order valence-corrected chi connectivity index (χ0v) is 10.9.